The van der Waals surface area contributed by atoms with Gasteiger partial charge in [0.05, 0.1) is 0 Å². The lowest BCUT2D eigenvalue weighted by atomic mass is 10.1. The van der Waals surface area contributed by atoms with Crippen LogP contribution in [0.3, 0.4) is 0 Å². The quantitative estimate of drug-likeness (QED) is 0.627. The molecule has 0 spiro atoms. The fourth-order valence-electron chi connectivity index (χ4n) is 2.21. The zero-order valence-electron chi connectivity index (χ0n) is 10.8. The minimum atomic E-state index is 1.04. The average Bonchev–Trinajstić information content (AvgIpc) is 2.88. The molecule has 0 amide bonds. The van der Waals surface area contributed by atoms with Crippen molar-refractivity contribution in [2.24, 2.45) is 0 Å². The van der Waals surface area contributed by atoms with E-state index in [1.807, 2.05) is 11.3 Å². The van der Waals surface area contributed by atoms with E-state index in [0.717, 1.165) is 12.8 Å². The molecule has 0 fully saturated rings. The fourth-order valence-corrected chi connectivity index (χ4v) is 3.29. The summed E-state index contributed by atoms with van der Waals surface area (Å²) >= 11 is 1.92. The Morgan fingerprint density at radius 3 is 1.37 bits per heavy atom. The van der Waals surface area contributed by atoms with Crippen molar-refractivity contribution in [3.05, 3.63) is 93.7 Å². The summed E-state index contributed by atoms with van der Waals surface area (Å²) in [6.45, 7) is 0. The van der Waals surface area contributed by atoms with E-state index >= 15 is 0 Å². The van der Waals surface area contributed by atoms with Crippen molar-refractivity contribution < 1.29 is 0 Å². The molecular weight excluding hydrogens is 248 g/mol. The molecule has 1 heteroatoms. The molecule has 0 nitrogen and oxygen atoms in total. The summed E-state index contributed by atoms with van der Waals surface area (Å²) in [5.41, 5.74) is 2.77. The molecule has 0 atom stereocenters. The first kappa shape index (κ1) is 12.2. The Bertz CT molecular complexity index is 567. The van der Waals surface area contributed by atoms with Crippen LogP contribution in [0.15, 0.2) is 72.8 Å². The van der Waals surface area contributed by atoms with Crippen molar-refractivity contribution in [1.29, 1.82) is 0 Å². The summed E-state index contributed by atoms with van der Waals surface area (Å²) in [4.78, 5) is 2.88. The van der Waals surface area contributed by atoms with E-state index in [-0.39, 0.29) is 0 Å². The monoisotopic (exact) mass is 264 g/mol. The van der Waals surface area contributed by atoms with Gasteiger partial charge in [0.1, 0.15) is 0 Å². The van der Waals surface area contributed by atoms with Crippen LogP contribution in [0.4, 0.5) is 0 Å². The summed E-state index contributed by atoms with van der Waals surface area (Å²) < 4.78 is 0. The maximum atomic E-state index is 2.26. The smallest absolute Gasteiger partial charge is 0.00921 e. The van der Waals surface area contributed by atoms with Gasteiger partial charge in [-0.3, -0.25) is 0 Å². The van der Waals surface area contributed by atoms with Gasteiger partial charge in [-0.2, -0.15) is 0 Å². The van der Waals surface area contributed by atoms with Crippen molar-refractivity contribution in [1.82, 2.24) is 0 Å². The van der Waals surface area contributed by atoms with Gasteiger partial charge < -0.3 is 0 Å². The Balaban J connectivity index is 1.70. The highest BCUT2D eigenvalue weighted by molar-refractivity contribution is 7.12. The van der Waals surface area contributed by atoms with Crippen molar-refractivity contribution in [2.45, 2.75) is 12.8 Å². The van der Waals surface area contributed by atoms with Crippen LogP contribution in [0.1, 0.15) is 20.9 Å². The molecule has 94 valence electrons. The predicted molar refractivity (Wildman–Crippen MR) is 82.8 cm³/mol. The van der Waals surface area contributed by atoms with Gasteiger partial charge in [-0.25, -0.2) is 0 Å². The maximum Gasteiger partial charge on any atom is 0.00921 e. The molecule has 0 aliphatic rings. The highest BCUT2D eigenvalue weighted by Crippen LogP contribution is 2.22. The molecule has 19 heavy (non-hydrogen) atoms. The third kappa shape index (κ3) is 3.33. The highest BCUT2D eigenvalue weighted by Gasteiger charge is 2.02. The molecule has 0 bridgehead atoms. The molecule has 3 aromatic rings. The first-order chi connectivity index (χ1) is 9.40. The van der Waals surface area contributed by atoms with Crippen LogP contribution in [0.25, 0.3) is 0 Å². The van der Waals surface area contributed by atoms with E-state index in [4.69, 9.17) is 0 Å². The number of hydrogen-bond donors (Lipinski definition) is 0. The van der Waals surface area contributed by atoms with Gasteiger partial charge in [-0.05, 0) is 23.3 Å². The molecule has 1 aromatic heterocycles. The third-order valence-corrected chi connectivity index (χ3v) is 4.24. The normalized spacial score (nSPS) is 10.5. The Hall–Kier alpha value is -1.86. The predicted octanol–water partition coefficient (Wildman–Crippen LogP) is 4.93. The summed E-state index contributed by atoms with van der Waals surface area (Å²) in [5, 5.41) is 0. The van der Waals surface area contributed by atoms with Crippen molar-refractivity contribution in [3.63, 3.8) is 0 Å². The third-order valence-electron chi connectivity index (χ3n) is 3.16. The van der Waals surface area contributed by atoms with Gasteiger partial charge in [0, 0.05) is 22.6 Å². The average molecular weight is 264 g/mol. The van der Waals surface area contributed by atoms with Gasteiger partial charge in [-0.15, -0.1) is 11.3 Å². The van der Waals surface area contributed by atoms with Gasteiger partial charge in [0.2, 0.25) is 0 Å². The van der Waals surface area contributed by atoms with Gasteiger partial charge in [-0.1, -0.05) is 60.7 Å². The molecule has 3 rings (SSSR count). The lowest BCUT2D eigenvalue weighted by Crippen LogP contribution is -1.83. The number of rotatable bonds is 4. The molecule has 0 radical (unpaired) electrons. The Morgan fingerprint density at radius 1 is 0.526 bits per heavy atom. The van der Waals surface area contributed by atoms with Crippen LogP contribution in [-0.2, 0) is 12.8 Å². The minimum absolute atomic E-state index is 1.04. The van der Waals surface area contributed by atoms with Crippen LogP contribution in [-0.4, -0.2) is 0 Å². The van der Waals surface area contributed by atoms with E-state index in [1.165, 1.54) is 20.9 Å². The van der Waals surface area contributed by atoms with Gasteiger partial charge in [0.25, 0.3) is 0 Å². The van der Waals surface area contributed by atoms with E-state index < -0.39 is 0 Å². The molecule has 0 N–H and O–H groups in total. The van der Waals surface area contributed by atoms with Crippen LogP contribution >= 0.6 is 11.3 Å². The minimum Gasteiger partial charge on any atom is -0.145 e. The Kier molecular flexibility index (Phi) is 3.75. The maximum absolute atomic E-state index is 2.26. The SMILES string of the molecule is c1ccc(Cc2ccc(Cc3ccccc3)s2)cc1. The van der Waals surface area contributed by atoms with Crippen LogP contribution in [0.2, 0.25) is 0 Å². The lowest BCUT2D eigenvalue weighted by molar-refractivity contribution is 1.24. The zero-order chi connectivity index (χ0) is 12.9. The standard InChI is InChI=1S/C18H16S/c1-3-7-15(8-4-1)13-17-11-12-18(19-17)14-16-9-5-2-6-10-16/h1-12H,13-14H2. The molecule has 0 aliphatic carbocycles. The Labute approximate surface area is 118 Å². The molecule has 0 saturated carbocycles. The van der Waals surface area contributed by atoms with Crippen molar-refractivity contribution >= 4 is 11.3 Å². The number of hydrogen-bond acceptors (Lipinski definition) is 1. The molecular formula is C18H16S. The summed E-state index contributed by atoms with van der Waals surface area (Å²) in [5.74, 6) is 0. The van der Waals surface area contributed by atoms with Crippen LogP contribution in [0.5, 0.6) is 0 Å². The fraction of sp³-hybridized carbons (Fsp3) is 0.111. The summed E-state index contributed by atoms with van der Waals surface area (Å²) in [6, 6.07) is 25.8. The molecule has 2 aromatic carbocycles. The van der Waals surface area contributed by atoms with Gasteiger partial charge in [0.15, 0.2) is 0 Å². The van der Waals surface area contributed by atoms with E-state index in [0.29, 0.717) is 0 Å². The second kappa shape index (κ2) is 5.85. The van der Waals surface area contributed by atoms with Gasteiger partial charge >= 0.3 is 0 Å². The van der Waals surface area contributed by atoms with Crippen LogP contribution in [0, 0.1) is 0 Å². The summed E-state index contributed by atoms with van der Waals surface area (Å²) in [6.07, 6.45) is 2.08. The summed E-state index contributed by atoms with van der Waals surface area (Å²) in [7, 11) is 0. The molecule has 0 aliphatic heterocycles. The first-order valence-electron chi connectivity index (χ1n) is 6.55. The van der Waals surface area contributed by atoms with Crippen molar-refractivity contribution in [2.75, 3.05) is 0 Å². The van der Waals surface area contributed by atoms with E-state index in [1.54, 1.807) is 0 Å². The second-order valence-corrected chi connectivity index (χ2v) is 5.95. The zero-order valence-corrected chi connectivity index (χ0v) is 11.6. The Morgan fingerprint density at radius 2 is 0.947 bits per heavy atom. The van der Waals surface area contributed by atoms with E-state index in [9.17, 15) is 0 Å². The largest absolute Gasteiger partial charge is 0.145 e. The van der Waals surface area contributed by atoms with Crippen molar-refractivity contribution in [3.8, 4) is 0 Å². The number of thiophene rings is 1. The second-order valence-electron chi connectivity index (χ2n) is 4.69. The molecule has 0 saturated heterocycles. The number of benzene rings is 2. The topological polar surface area (TPSA) is 0 Å². The van der Waals surface area contributed by atoms with Crippen LogP contribution < -0.4 is 0 Å². The molecule has 0 unspecified atom stereocenters. The molecule has 1 heterocycles. The highest BCUT2D eigenvalue weighted by atomic mass is 32.1. The first-order valence-corrected chi connectivity index (χ1v) is 7.37. The van der Waals surface area contributed by atoms with E-state index in [2.05, 4.69) is 72.8 Å². The lowest BCUT2D eigenvalue weighted by Gasteiger charge is -1.98.